The van der Waals surface area contributed by atoms with Gasteiger partial charge in [-0.1, -0.05) is 35.9 Å². The molecule has 0 N–H and O–H groups in total. The fourth-order valence-electron chi connectivity index (χ4n) is 1.57. The summed E-state index contributed by atoms with van der Waals surface area (Å²) in [4.78, 5) is 12.2. The van der Waals surface area contributed by atoms with Gasteiger partial charge in [-0.15, -0.1) is 0 Å². The predicted molar refractivity (Wildman–Crippen MR) is 81.7 cm³/mol. The Balaban J connectivity index is 2.32. The van der Waals surface area contributed by atoms with E-state index in [9.17, 15) is 4.79 Å². The fourth-order valence-corrected chi connectivity index (χ4v) is 2.20. The molecule has 4 heteroatoms. The van der Waals surface area contributed by atoms with E-state index in [1.807, 2.05) is 24.3 Å². The van der Waals surface area contributed by atoms with E-state index in [4.69, 9.17) is 11.6 Å². The lowest BCUT2D eigenvalue weighted by Gasteiger charge is -2.04. The van der Waals surface area contributed by atoms with E-state index in [0.717, 1.165) is 10.0 Å². The van der Waals surface area contributed by atoms with Crippen LogP contribution in [-0.4, -0.2) is 5.78 Å². The van der Waals surface area contributed by atoms with Crippen LogP contribution in [0.3, 0.4) is 0 Å². The average Bonchev–Trinajstić information content (AvgIpc) is 2.41. The number of ketones is 1. The maximum absolute atomic E-state index is 12.2. The Morgan fingerprint density at radius 1 is 1.11 bits per heavy atom. The van der Waals surface area contributed by atoms with Gasteiger partial charge in [0.2, 0.25) is 0 Å². The van der Waals surface area contributed by atoms with Gasteiger partial charge in [-0.05, 0) is 39.7 Å². The SMILES string of the molecule is O=C(c1ccc(CS)cc1)c1ccc(Br)c(Cl)c1. The number of rotatable bonds is 3. The largest absolute Gasteiger partial charge is 0.289 e. The molecular formula is C14H10BrClOS. The van der Waals surface area contributed by atoms with Crippen LogP contribution >= 0.6 is 40.2 Å². The van der Waals surface area contributed by atoms with Gasteiger partial charge in [0.05, 0.1) is 5.02 Å². The highest BCUT2D eigenvalue weighted by molar-refractivity contribution is 9.10. The lowest BCUT2D eigenvalue weighted by molar-refractivity contribution is 0.103. The number of carbonyl (C=O) groups is 1. The van der Waals surface area contributed by atoms with E-state index >= 15 is 0 Å². The van der Waals surface area contributed by atoms with Crippen molar-refractivity contribution in [1.29, 1.82) is 0 Å². The first-order valence-electron chi connectivity index (χ1n) is 5.31. The van der Waals surface area contributed by atoms with E-state index in [2.05, 4.69) is 28.6 Å². The average molecular weight is 342 g/mol. The van der Waals surface area contributed by atoms with Crippen molar-refractivity contribution in [2.24, 2.45) is 0 Å². The smallest absolute Gasteiger partial charge is 0.193 e. The molecular weight excluding hydrogens is 332 g/mol. The van der Waals surface area contributed by atoms with E-state index in [1.54, 1.807) is 18.2 Å². The van der Waals surface area contributed by atoms with Crippen LogP contribution < -0.4 is 0 Å². The molecule has 0 spiro atoms. The van der Waals surface area contributed by atoms with Crippen LogP contribution in [0, 0.1) is 0 Å². The van der Waals surface area contributed by atoms with Crippen molar-refractivity contribution in [1.82, 2.24) is 0 Å². The molecule has 2 rings (SSSR count). The van der Waals surface area contributed by atoms with Crippen LogP contribution in [0.4, 0.5) is 0 Å². The number of hydrogen-bond acceptors (Lipinski definition) is 2. The first-order chi connectivity index (χ1) is 8.61. The van der Waals surface area contributed by atoms with Crippen molar-refractivity contribution >= 4 is 45.9 Å². The Hall–Kier alpha value is -0.770. The van der Waals surface area contributed by atoms with Gasteiger partial charge in [-0.3, -0.25) is 4.79 Å². The second-order valence-electron chi connectivity index (χ2n) is 3.81. The zero-order valence-corrected chi connectivity index (χ0v) is 12.6. The molecule has 18 heavy (non-hydrogen) atoms. The Labute approximate surface area is 125 Å². The molecule has 0 aliphatic rings. The quantitative estimate of drug-likeness (QED) is 0.629. The standard InChI is InChI=1S/C14H10BrClOS/c15-12-6-5-11(7-13(12)16)14(17)10-3-1-9(8-18)2-4-10/h1-7,18H,8H2. The van der Waals surface area contributed by atoms with Crippen LogP contribution in [0.2, 0.25) is 5.02 Å². The maximum atomic E-state index is 12.2. The Morgan fingerprint density at radius 3 is 2.28 bits per heavy atom. The second kappa shape index (κ2) is 5.91. The minimum absolute atomic E-state index is 0.0323. The highest BCUT2D eigenvalue weighted by Gasteiger charge is 2.10. The maximum Gasteiger partial charge on any atom is 0.193 e. The first-order valence-corrected chi connectivity index (χ1v) is 7.11. The first kappa shape index (κ1) is 13.7. The van der Waals surface area contributed by atoms with Crippen molar-refractivity contribution < 1.29 is 4.79 Å². The van der Waals surface area contributed by atoms with Crippen LogP contribution in [-0.2, 0) is 5.75 Å². The molecule has 1 nitrogen and oxygen atoms in total. The van der Waals surface area contributed by atoms with Gasteiger partial charge in [0, 0.05) is 21.4 Å². The molecule has 0 atom stereocenters. The zero-order valence-electron chi connectivity index (χ0n) is 9.36. The molecule has 0 heterocycles. The molecule has 0 aliphatic carbocycles. The van der Waals surface area contributed by atoms with Crippen LogP contribution in [0.25, 0.3) is 0 Å². The van der Waals surface area contributed by atoms with Crippen molar-refractivity contribution in [3.63, 3.8) is 0 Å². The topological polar surface area (TPSA) is 17.1 Å². The molecule has 0 aliphatic heterocycles. The molecule has 0 saturated carbocycles. The third-order valence-corrected chi connectivity index (χ3v) is 4.18. The van der Waals surface area contributed by atoms with Gasteiger partial charge < -0.3 is 0 Å². The van der Waals surface area contributed by atoms with Crippen molar-refractivity contribution in [2.45, 2.75) is 5.75 Å². The minimum atomic E-state index is -0.0323. The zero-order chi connectivity index (χ0) is 13.1. The summed E-state index contributed by atoms with van der Waals surface area (Å²) >= 11 is 13.5. The third kappa shape index (κ3) is 2.97. The molecule has 2 aromatic carbocycles. The van der Waals surface area contributed by atoms with Crippen molar-refractivity contribution in [2.75, 3.05) is 0 Å². The molecule has 0 bridgehead atoms. The number of carbonyl (C=O) groups excluding carboxylic acids is 1. The summed E-state index contributed by atoms with van der Waals surface area (Å²) in [7, 11) is 0. The van der Waals surface area contributed by atoms with Crippen LogP contribution in [0.15, 0.2) is 46.9 Å². The number of benzene rings is 2. The number of thiol groups is 1. The van der Waals surface area contributed by atoms with Gasteiger partial charge in [-0.2, -0.15) is 12.6 Å². The normalized spacial score (nSPS) is 10.4. The summed E-state index contributed by atoms with van der Waals surface area (Å²) in [6.45, 7) is 0. The Bertz CT molecular complexity index is 581. The third-order valence-electron chi connectivity index (χ3n) is 2.58. The summed E-state index contributed by atoms with van der Waals surface area (Å²) < 4.78 is 0.783. The van der Waals surface area contributed by atoms with E-state index in [1.165, 1.54) is 0 Å². The Morgan fingerprint density at radius 2 is 1.72 bits per heavy atom. The van der Waals surface area contributed by atoms with Crippen molar-refractivity contribution in [3.05, 3.63) is 68.7 Å². The predicted octanol–water partition coefficient (Wildman–Crippen LogP) is 4.76. The number of halogens is 2. The lowest BCUT2D eigenvalue weighted by Crippen LogP contribution is -2.01. The molecule has 92 valence electrons. The lowest BCUT2D eigenvalue weighted by atomic mass is 10.0. The number of hydrogen-bond donors (Lipinski definition) is 1. The molecule has 0 radical (unpaired) electrons. The molecule has 0 amide bonds. The molecule has 0 saturated heterocycles. The molecule has 2 aromatic rings. The second-order valence-corrected chi connectivity index (χ2v) is 5.39. The van der Waals surface area contributed by atoms with Gasteiger partial charge >= 0.3 is 0 Å². The van der Waals surface area contributed by atoms with Gasteiger partial charge in [0.25, 0.3) is 0 Å². The van der Waals surface area contributed by atoms with E-state index < -0.39 is 0 Å². The van der Waals surface area contributed by atoms with Crippen LogP contribution in [0.5, 0.6) is 0 Å². The molecule has 0 unspecified atom stereocenters. The van der Waals surface area contributed by atoms with Gasteiger partial charge in [0.1, 0.15) is 0 Å². The summed E-state index contributed by atoms with van der Waals surface area (Å²) in [6.07, 6.45) is 0. The molecule has 0 aromatic heterocycles. The summed E-state index contributed by atoms with van der Waals surface area (Å²) in [5, 5.41) is 0.535. The highest BCUT2D eigenvalue weighted by atomic mass is 79.9. The molecule has 0 fully saturated rings. The Kier molecular flexibility index (Phi) is 4.49. The van der Waals surface area contributed by atoms with Crippen LogP contribution in [0.1, 0.15) is 21.5 Å². The van der Waals surface area contributed by atoms with Crippen molar-refractivity contribution in [3.8, 4) is 0 Å². The summed E-state index contributed by atoms with van der Waals surface area (Å²) in [5.41, 5.74) is 2.32. The van der Waals surface area contributed by atoms with Gasteiger partial charge in [-0.25, -0.2) is 0 Å². The minimum Gasteiger partial charge on any atom is -0.289 e. The monoisotopic (exact) mass is 340 g/mol. The van der Waals surface area contributed by atoms with E-state index in [-0.39, 0.29) is 5.78 Å². The van der Waals surface area contributed by atoms with Gasteiger partial charge in [0.15, 0.2) is 5.78 Å². The fraction of sp³-hybridized carbons (Fsp3) is 0.0714. The summed E-state index contributed by atoms with van der Waals surface area (Å²) in [5.74, 6) is 0.633. The summed E-state index contributed by atoms with van der Waals surface area (Å²) in [6, 6.07) is 12.6. The highest BCUT2D eigenvalue weighted by Crippen LogP contribution is 2.24. The van der Waals surface area contributed by atoms with E-state index in [0.29, 0.717) is 21.9 Å².